The topological polar surface area (TPSA) is 65.0 Å². The van der Waals surface area contributed by atoms with Crippen LogP contribution in [0.15, 0.2) is 45.7 Å². The molecule has 0 amide bonds. The second-order valence-electron chi connectivity index (χ2n) is 4.99. The minimum atomic E-state index is -3.77. The number of ether oxygens (including phenoxy) is 2. The van der Waals surface area contributed by atoms with Crippen molar-refractivity contribution >= 4 is 27.8 Å². The number of rotatable bonds is 6. The van der Waals surface area contributed by atoms with Crippen LogP contribution in [0.3, 0.4) is 0 Å². The number of hydrogen-bond acceptors (Lipinski definition) is 4. The standard InChI is InChI=1S/C17H18ClNO4S/c1-4-23-17-15(18)9-13(10-16(17)22-3)11-19-24(20,21)14-7-5-12(2)6-8-14/h5-11H,4H2,1-3H3/b19-11-. The first-order valence-corrected chi connectivity index (χ1v) is 9.06. The van der Waals surface area contributed by atoms with Crippen LogP contribution < -0.4 is 9.47 Å². The molecule has 2 aromatic carbocycles. The third-order valence-corrected chi connectivity index (χ3v) is 4.73. The van der Waals surface area contributed by atoms with Crippen LogP contribution in [0, 0.1) is 6.92 Å². The predicted octanol–water partition coefficient (Wildman–Crippen LogP) is 3.86. The molecule has 0 radical (unpaired) electrons. The molecule has 0 aliphatic carbocycles. The van der Waals surface area contributed by atoms with Crippen molar-refractivity contribution in [2.24, 2.45) is 4.40 Å². The van der Waals surface area contributed by atoms with E-state index in [4.69, 9.17) is 21.1 Å². The van der Waals surface area contributed by atoms with Crippen LogP contribution in [0.4, 0.5) is 0 Å². The Morgan fingerprint density at radius 2 is 1.88 bits per heavy atom. The molecule has 0 N–H and O–H groups in total. The summed E-state index contributed by atoms with van der Waals surface area (Å²) < 4.78 is 38.8. The van der Waals surface area contributed by atoms with E-state index in [-0.39, 0.29) is 4.90 Å². The second kappa shape index (κ2) is 7.68. The average Bonchev–Trinajstić information content (AvgIpc) is 2.55. The molecule has 0 aromatic heterocycles. The molecule has 0 unspecified atom stereocenters. The first-order chi connectivity index (χ1) is 11.4. The zero-order chi connectivity index (χ0) is 17.7. The highest BCUT2D eigenvalue weighted by atomic mass is 35.5. The molecule has 2 rings (SSSR count). The summed E-state index contributed by atoms with van der Waals surface area (Å²) in [6, 6.07) is 9.67. The molecule has 128 valence electrons. The smallest absolute Gasteiger partial charge is 0.282 e. The zero-order valence-electron chi connectivity index (χ0n) is 13.6. The van der Waals surface area contributed by atoms with Gasteiger partial charge in [-0.2, -0.15) is 12.8 Å². The molecule has 0 fully saturated rings. The number of hydrogen-bond donors (Lipinski definition) is 0. The molecule has 24 heavy (non-hydrogen) atoms. The SMILES string of the molecule is CCOc1c(Cl)cc(/C=N\S(=O)(=O)c2ccc(C)cc2)cc1OC. The molecule has 5 nitrogen and oxygen atoms in total. The van der Waals surface area contributed by atoms with Crippen molar-refractivity contribution in [3.05, 3.63) is 52.5 Å². The molecule has 0 aliphatic rings. The normalized spacial score (nSPS) is 11.7. The molecular formula is C17H18ClNO4S. The Hall–Kier alpha value is -2.05. The van der Waals surface area contributed by atoms with Crippen molar-refractivity contribution in [1.82, 2.24) is 0 Å². The maximum Gasteiger partial charge on any atom is 0.282 e. The second-order valence-corrected chi connectivity index (χ2v) is 7.03. The third kappa shape index (κ3) is 4.27. The lowest BCUT2D eigenvalue weighted by Crippen LogP contribution is -2.00. The fourth-order valence-electron chi connectivity index (χ4n) is 2.00. The lowest BCUT2D eigenvalue weighted by Gasteiger charge is -2.11. The number of methoxy groups -OCH3 is 1. The summed E-state index contributed by atoms with van der Waals surface area (Å²) in [6.07, 6.45) is 1.24. The van der Waals surface area contributed by atoms with Gasteiger partial charge in [-0.05, 0) is 43.7 Å². The highest BCUT2D eigenvalue weighted by Crippen LogP contribution is 2.36. The number of nitrogens with zero attached hydrogens (tertiary/aromatic N) is 1. The van der Waals surface area contributed by atoms with E-state index >= 15 is 0 Å². The van der Waals surface area contributed by atoms with E-state index in [1.807, 2.05) is 13.8 Å². The van der Waals surface area contributed by atoms with E-state index in [0.717, 1.165) is 5.56 Å². The van der Waals surface area contributed by atoms with Crippen LogP contribution in [0.5, 0.6) is 11.5 Å². The number of aryl methyl sites for hydroxylation is 1. The highest BCUT2D eigenvalue weighted by molar-refractivity contribution is 7.90. The number of sulfonamides is 1. The number of halogens is 1. The molecule has 0 spiro atoms. The minimum Gasteiger partial charge on any atom is -0.493 e. The Kier molecular flexibility index (Phi) is 5.85. The maximum atomic E-state index is 12.2. The summed E-state index contributed by atoms with van der Waals surface area (Å²) in [7, 11) is -2.29. The van der Waals surface area contributed by atoms with Gasteiger partial charge in [-0.3, -0.25) is 0 Å². The lowest BCUT2D eigenvalue weighted by molar-refractivity contribution is 0.311. The third-order valence-electron chi connectivity index (χ3n) is 3.20. The van der Waals surface area contributed by atoms with Crippen molar-refractivity contribution < 1.29 is 17.9 Å². The van der Waals surface area contributed by atoms with E-state index in [0.29, 0.717) is 28.7 Å². The molecule has 0 atom stereocenters. The van der Waals surface area contributed by atoms with Crippen molar-refractivity contribution in [3.63, 3.8) is 0 Å². The van der Waals surface area contributed by atoms with Gasteiger partial charge in [0.25, 0.3) is 10.0 Å². The minimum absolute atomic E-state index is 0.133. The van der Waals surface area contributed by atoms with Crippen LogP contribution >= 0.6 is 11.6 Å². The Bertz CT molecular complexity index is 846. The van der Waals surface area contributed by atoms with Gasteiger partial charge < -0.3 is 9.47 Å². The molecule has 2 aromatic rings. The van der Waals surface area contributed by atoms with Gasteiger partial charge in [0.2, 0.25) is 0 Å². The van der Waals surface area contributed by atoms with Gasteiger partial charge in [0.15, 0.2) is 11.5 Å². The van der Waals surface area contributed by atoms with Gasteiger partial charge in [-0.15, -0.1) is 0 Å². The quantitative estimate of drug-likeness (QED) is 0.727. The van der Waals surface area contributed by atoms with Crippen molar-refractivity contribution in [2.75, 3.05) is 13.7 Å². The van der Waals surface area contributed by atoms with Crippen LogP contribution in [0.1, 0.15) is 18.1 Å². The maximum absolute atomic E-state index is 12.2. The van der Waals surface area contributed by atoms with E-state index in [2.05, 4.69) is 4.40 Å². The molecule has 7 heteroatoms. The van der Waals surface area contributed by atoms with Crippen molar-refractivity contribution in [1.29, 1.82) is 0 Å². The zero-order valence-corrected chi connectivity index (χ0v) is 15.2. The van der Waals surface area contributed by atoms with Gasteiger partial charge in [0.05, 0.1) is 23.6 Å². The van der Waals surface area contributed by atoms with Crippen molar-refractivity contribution in [3.8, 4) is 11.5 Å². The average molecular weight is 368 g/mol. The van der Waals surface area contributed by atoms with Crippen LogP contribution in [-0.2, 0) is 10.0 Å². The van der Waals surface area contributed by atoms with Gasteiger partial charge in [-0.1, -0.05) is 29.3 Å². The monoisotopic (exact) mass is 367 g/mol. The summed E-state index contributed by atoms with van der Waals surface area (Å²) >= 11 is 6.16. The summed E-state index contributed by atoms with van der Waals surface area (Å²) in [5, 5.41) is 0.324. The first-order valence-electron chi connectivity index (χ1n) is 7.24. The molecule has 0 bridgehead atoms. The molecule has 0 saturated carbocycles. The summed E-state index contributed by atoms with van der Waals surface area (Å²) in [6.45, 7) is 4.15. The lowest BCUT2D eigenvalue weighted by atomic mass is 10.2. The van der Waals surface area contributed by atoms with Crippen LogP contribution in [-0.4, -0.2) is 28.3 Å². The predicted molar refractivity (Wildman–Crippen MR) is 95.1 cm³/mol. The van der Waals surface area contributed by atoms with E-state index in [1.54, 1.807) is 24.3 Å². The molecule has 0 heterocycles. The summed E-state index contributed by atoms with van der Waals surface area (Å²) in [5.41, 5.74) is 1.47. The van der Waals surface area contributed by atoms with E-state index < -0.39 is 10.0 Å². The Balaban J connectivity index is 2.34. The molecular weight excluding hydrogens is 350 g/mol. The van der Waals surface area contributed by atoms with Crippen molar-refractivity contribution in [2.45, 2.75) is 18.7 Å². The highest BCUT2D eigenvalue weighted by Gasteiger charge is 2.13. The Morgan fingerprint density at radius 3 is 2.46 bits per heavy atom. The van der Waals surface area contributed by atoms with E-state index in [1.165, 1.54) is 25.5 Å². The number of benzene rings is 2. The fraction of sp³-hybridized carbons (Fsp3) is 0.235. The molecule has 0 saturated heterocycles. The summed E-state index contributed by atoms with van der Waals surface area (Å²) in [5.74, 6) is 0.832. The Morgan fingerprint density at radius 1 is 1.21 bits per heavy atom. The molecule has 0 aliphatic heterocycles. The Labute approximate surface area is 146 Å². The van der Waals surface area contributed by atoms with Crippen LogP contribution in [0.2, 0.25) is 5.02 Å². The van der Waals surface area contributed by atoms with Gasteiger partial charge >= 0.3 is 0 Å². The largest absolute Gasteiger partial charge is 0.493 e. The van der Waals surface area contributed by atoms with Crippen LogP contribution in [0.25, 0.3) is 0 Å². The van der Waals surface area contributed by atoms with Gasteiger partial charge in [0.1, 0.15) is 0 Å². The first kappa shape index (κ1) is 18.3. The fourth-order valence-corrected chi connectivity index (χ4v) is 3.14. The van der Waals surface area contributed by atoms with Gasteiger partial charge in [-0.25, -0.2) is 0 Å². The van der Waals surface area contributed by atoms with Gasteiger partial charge in [0, 0.05) is 6.21 Å². The van der Waals surface area contributed by atoms with E-state index in [9.17, 15) is 8.42 Å². The summed E-state index contributed by atoms with van der Waals surface area (Å²) in [4.78, 5) is 0.133.